The molecule has 99 heavy (non-hydrogen) atoms. The van der Waals surface area contributed by atoms with Gasteiger partial charge in [0.05, 0.1) is 66.9 Å². The molecular formula is C63H195B2N7O16Si11. The third kappa shape index (κ3) is 73.5. The summed E-state index contributed by atoms with van der Waals surface area (Å²) in [6, 6.07) is 1.38. The van der Waals surface area contributed by atoms with Crippen molar-refractivity contribution in [3.8, 4) is 0 Å². The van der Waals surface area contributed by atoms with Crippen LogP contribution in [0.5, 0.6) is 0 Å². The topological polar surface area (TPSA) is 266 Å². The first-order chi connectivity index (χ1) is 36.4. The molecule has 3 aliphatic heterocycles. The largest absolute Gasteiger partial charge is 0.493 e. The van der Waals surface area contributed by atoms with Crippen LogP contribution >= 0.6 is 0 Å². The fraction of sp³-hybridized carbons (Fsp3) is 1.00. The number of hydrogen-bond donors (Lipinski definition) is 7. The maximum atomic E-state index is 11.6. The minimum Gasteiger partial charge on any atom is -0.424 e. The van der Waals surface area contributed by atoms with Crippen molar-refractivity contribution in [2.24, 2.45) is 11.5 Å². The Morgan fingerprint density at radius 1 is 0.384 bits per heavy atom. The lowest BCUT2D eigenvalue weighted by Crippen LogP contribution is -2.71. The molecule has 3 rings (SSSR count). The second-order valence-electron chi connectivity index (χ2n) is 23.7. The first kappa shape index (κ1) is 150. The van der Waals surface area contributed by atoms with Crippen LogP contribution in [0.15, 0.2) is 0 Å². The molecule has 23 nitrogen and oxygen atoms in total. The molecule has 0 aliphatic carbocycles. The van der Waals surface area contributed by atoms with Gasteiger partial charge < -0.3 is 92.2 Å². The van der Waals surface area contributed by atoms with Crippen LogP contribution < -0.4 is 22.1 Å². The summed E-state index contributed by atoms with van der Waals surface area (Å²) in [6.07, 6.45) is 3.04. The molecule has 5 unspecified atom stereocenters. The summed E-state index contributed by atoms with van der Waals surface area (Å²) < 4.78 is 98.6. The van der Waals surface area contributed by atoms with Crippen molar-refractivity contribution < 1.29 is 70.1 Å². The van der Waals surface area contributed by atoms with E-state index in [4.69, 9.17) is 94.5 Å². The van der Waals surface area contributed by atoms with E-state index in [-0.39, 0.29) is 170 Å². The maximum absolute atomic E-state index is 11.6. The molecular weight excluding hydrogens is 1440 g/mol. The van der Waals surface area contributed by atoms with E-state index in [1.165, 1.54) is 0 Å². The van der Waals surface area contributed by atoms with Crippen LogP contribution in [0, 0.1) is 0 Å². The summed E-state index contributed by atoms with van der Waals surface area (Å²) in [5.41, 5.74) is 11.2. The van der Waals surface area contributed by atoms with Crippen LogP contribution in [-0.4, -0.2) is 285 Å². The Bertz CT molecular complexity index is 1720. The lowest BCUT2D eigenvalue weighted by molar-refractivity contribution is 0.0337. The molecule has 3 saturated heterocycles. The van der Waals surface area contributed by atoms with Crippen molar-refractivity contribution in [1.82, 2.24) is 25.3 Å². The van der Waals surface area contributed by atoms with Crippen molar-refractivity contribution in [3.05, 3.63) is 0 Å². The van der Waals surface area contributed by atoms with Crippen molar-refractivity contribution in [2.45, 2.75) is 287 Å². The van der Waals surface area contributed by atoms with Gasteiger partial charge in [0.2, 0.25) is 0 Å². The number of hydrogen-bond acceptors (Lipinski definition) is 23. The van der Waals surface area contributed by atoms with Gasteiger partial charge in [0, 0.05) is 78.7 Å². The highest BCUT2D eigenvalue weighted by atomic mass is 28.5. The van der Waals surface area contributed by atoms with Gasteiger partial charge in [0.1, 0.15) is 16.4 Å². The molecule has 5 atom stereocenters. The molecule has 36 heteroatoms. The zero-order valence-corrected chi connectivity index (χ0v) is 61.4. The Morgan fingerprint density at radius 2 is 0.677 bits per heavy atom. The predicted octanol–water partition coefficient (Wildman–Crippen LogP) is 14.9. The van der Waals surface area contributed by atoms with Crippen molar-refractivity contribution in [2.75, 3.05) is 144 Å². The first-order valence-electron chi connectivity index (χ1n) is 28.4. The number of morpholine rings is 3. The molecule has 628 valence electrons. The summed E-state index contributed by atoms with van der Waals surface area (Å²) >= 11 is 0. The molecule has 0 aromatic rings. The normalized spacial score (nSPS) is 17.0. The van der Waals surface area contributed by atoms with Gasteiger partial charge in [-0.2, -0.15) is 0 Å². The van der Waals surface area contributed by atoms with E-state index in [9.17, 15) is 4.80 Å². The van der Waals surface area contributed by atoms with Crippen LogP contribution in [0.25, 0.3) is 0 Å². The second-order valence-corrected chi connectivity index (χ2v) is 60.6. The Hall–Kier alpha value is 1.60. The van der Waals surface area contributed by atoms with Crippen LogP contribution in [0.4, 0.5) is 0 Å². The van der Waals surface area contributed by atoms with Gasteiger partial charge in [0.15, 0.2) is 2.86 Å². The Kier molecular flexibility index (Phi) is 108. The maximum Gasteiger partial charge on any atom is 0.493 e. The van der Waals surface area contributed by atoms with Crippen molar-refractivity contribution >= 4 is 109 Å². The van der Waals surface area contributed by atoms with E-state index in [1.807, 2.05) is 91.7 Å². The van der Waals surface area contributed by atoms with E-state index < -0.39 is 93.9 Å². The van der Waals surface area contributed by atoms with Gasteiger partial charge in [0.25, 0.3) is 0 Å². The van der Waals surface area contributed by atoms with Gasteiger partial charge in [-0.25, -0.2) is 0 Å². The number of nitrogens with two attached hydrogens (primary N) is 2. The first-order valence-corrected chi connectivity index (χ1v) is 56.3. The third-order valence-electron chi connectivity index (χ3n) is 11.6. The summed E-state index contributed by atoms with van der Waals surface area (Å²) in [5.74, 6) is 0. The van der Waals surface area contributed by atoms with Gasteiger partial charge >= 0.3 is 77.5 Å². The second kappa shape index (κ2) is 71.2. The summed E-state index contributed by atoms with van der Waals surface area (Å²) in [4.78, 5) is 28.3. The molecule has 3 aliphatic rings. The van der Waals surface area contributed by atoms with E-state index in [1.54, 1.807) is 7.11 Å². The summed E-state index contributed by atoms with van der Waals surface area (Å²) in [7, 11) is -18.0. The van der Waals surface area contributed by atoms with E-state index in [2.05, 4.69) is 31.9 Å². The number of ether oxygens (including phenoxy) is 3. The van der Waals surface area contributed by atoms with Crippen LogP contribution in [0.2, 0.25) is 110 Å². The molecule has 0 bridgehead atoms. The molecule has 3 fully saturated rings. The zero-order chi connectivity index (χ0) is 59.9. The quantitative estimate of drug-likeness (QED) is 0.0223. The highest BCUT2D eigenvalue weighted by Crippen LogP contribution is 2.33. The highest BCUT2D eigenvalue weighted by molar-refractivity contribution is 7.15. The summed E-state index contributed by atoms with van der Waals surface area (Å²) in [6.45, 7) is 41.5. The smallest absolute Gasteiger partial charge is 0.424 e. The predicted molar refractivity (Wildman–Crippen MR) is 479 cm³/mol. The van der Waals surface area contributed by atoms with Gasteiger partial charge in [-0.1, -0.05) is 190 Å². The average Bonchev–Trinajstić information content (AvgIpc) is 3.30. The van der Waals surface area contributed by atoms with Gasteiger partial charge in [-0.05, 0) is 110 Å². The van der Waals surface area contributed by atoms with Gasteiger partial charge in [-0.15, -0.1) is 0 Å². The number of nitrogens with one attached hydrogen (secondary N) is 2. The molecule has 0 amide bonds. The van der Waals surface area contributed by atoms with Crippen molar-refractivity contribution in [1.29, 1.82) is 2.86 Å². The number of nitrogens with zero attached hydrogens (tertiary/aromatic N) is 3. The van der Waals surface area contributed by atoms with E-state index >= 15 is 0 Å². The molecule has 3 heterocycles. The summed E-state index contributed by atoms with van der Waals surface area (Å²) in [5, 5.41) is 6.64. The molecule has 0 saturated carbocycles. The zero-order valence-electron chi connectivity index (χ0n) is 52.4. The SMILES string of the molecule is C.C.C.C.C.C.C.C.C.C.C.C.C.C.C.C.C.C.C.C.C.C.[2H]O[Si](C)(C)O[Si](C)(CCCNCCN)O[Si](C)(C)O[Si](CN1CCOCC1)(O[Si]([B])(C)C)O[Si](C)(CN1CCOCC1)OC.[2H]O[Si](C)(C)O[Si](C)(CCCNCCN)O[Si](C)(C)O[Si](O)(CN1CCOCC1)O[Si]([B])(C)C. The van der Waals surface area contributed by atoms with E-state index in [0.29, 0.717) is 90.2 Å². The Morgan fingerprint density at radius 3 is 0.960 bits per heavy atom. The minimum atomic E-state index is -3.70. The molecule has 0 aromatic carbocycles. The monoisotopic (exact) mass is 1640 g/mol. The lowest BCUT2D eigenvalue weighted by atomic mass is 10.5. The standard InChI is InChI=1S/C24H61BN4O9Si6.C17H46BN3O7Si5.22CH4/c1-31-43(9,23-28-14-18-32-19-15-28)38-44(34-39(2,3)25,24-29-16-20-33-21-17-29)37-41(6,7)36-42(8,35-40(4,5)30)22-10-12-27-13-11-26;1-29(2,18)25-33(23,17-21-12-14-24-15-13-21)28-31(5,6)27-32(7,26-30(3,4)22)16-8-10-20-11-9-19;;;;;;;;;;;;;;;;;;;;;;/h27,30H,10-24,26H2,1-9H3;20,22-23H,8-17,19H2,1-7H3;22*1H4/i30D;22D;;;;;;;;;;;;;;;;;;;;;;. The van der Waals surface area contributed by atoms with Crippen molar-refractivity contribution in [3.63, 3.8) is 0 Å². The molecule has 0 aromatic heterocycles. The molecule has 9 N–H and O–H groups in total. The van der Waals surface area contributed by atoms with Crippen LogP contribution in [0.1, 0.15) is 176 Å². The Labute approximate surface area is 644 Å². The minimum absolute atomic E-state index is 0. The third-order valence-corrected chi connectivity index (χ3v) is 48.6. The van der Waals surface area contributed by atoms with Crippen LogP contribution in [0.3, 0.4) is 0 Å². The highest BCUT2D eigenvalue weighted by Gasteiger charge is 2.58. The van der Waals surface area contributed by atoms with Gasteiger partial charge in [-0.3, -0.25) is 14.7 Å². The molecule has 4 radical (unpaired) electrons. The Balaban J connectivity index is -0.0000000560. The fourth-order valence-electron chi connectivity index (χ4n) is 9.41. The average molecular weight is 1640 g/mol. The fourth-order valence-corrected chi connectivity index (χ4v) is 53.7. The lowest BCUT2D eigenvalue weighted by Gasteiger charge is -2.48. The van der Waals surface area contributed by atoms with Crippen LogP contribution in [-0.2, 0) is 55.7 Å². The number of rotatable bonds is 39. The molecule has 0 spiro atoms. The van der Waals surface area contributed by atoms with E-state index in [0.717, 1.165) is 65.2 Å².